The van der Waals surface area contributed by atoms with Crippen LogP contribution in [0.5, 0.6) is 0 Å². The molecule has 0 spiro atoms. The van der Waals surface area contributed by atoms with Crippen molar-refractivity contribution in [1.29, 1.82) is 0 Å². The van der Waals surface area contributed by atoms with Crippen LogP contribution < -0.4 is 26.6 Å². The van der Waals surface area contributed by atoms with Gasteiger partial charge in [0.25, 0.3) is 6.71 Å². The molecule has 0 unspecified atom stereocenters. The van der Waals surface area contributed by atoms with Gasteiger partial charge in [-0.2, -0.15) is 0 Å². The summed E-state index contributed by atoms with van der Waals surface area (Å²) >= 11 is 0. The number of anilines is 5. The van der Waals surface area contributed by atoms with Crippen molar-refractivity contribution >= 4 is 133 Å². The zero-order chi connectivity index (χ0) is 76.1. The van der Waals surface area contributed by atoms with Gasteiger partial charge in [-0.3, -0.25) is 0 Å². The summed E-state index contributed by atoms with van der Waals surface area (Å²) in [5.41, 5.74) is 26.1. The molecule has 2 aliphatic rings. The molecule has 1 N–H and O–H groups in total. The van der Waals surface area contributed by atoms with E-state index < -0.39 is 12.8 Å². The van der Waals surface area contributed by atoms with E-state index >= 15 is 0 Å². The first kappa shape index (κ1) is 58.8. The van der Waals surface area contributed by atoms with Gasteiger partial charge in [-0.05, 0) is 188 Å². The molecule has 0 amide bonds. The van der Waals surface area contributed by atoms with Gasteiger partial charge in [-0.15, -0.1) is 0 Å². The number of hydrogen-bond donors (Lipinski definition) is 1. The van der Waals surface area contributed by atoms with Crippen LogP contribution in [0.4, 0.5) is 28.4 Å². The molecule has 4 nitrogen and oxygen atoms in total. The van der Waals surface area contributed by atoms with Gasteiger partial charge < -0.3 is 19.2 Å². The molecule has 5 heterocycles. The number of aromatic nitrogens is 2. The Bertz CT molecular complexity index is 6800. The lowest BCUT2D eigenvalue weighted by Gasteiger charge is -2.41. The van der Waals surface area contributed by atoms with Crippen molar-refractivity contribution < 1.29 is 6.85 Å². The Balaban J connectivity index is 0.998. The lowest BCUT2D eigenvalue weighted by Crippen LogP contribution is -2.60. The van der Waals surface area contributed by atoms with E-state index in [4.69, 9.17) is 1.37 Å². The topological polar surface area (TPSA) is 24.6 Å². The predicted octanol–water partition coefficient (Wildman–Crippen LogP) is 25.6. The van der Waals surface area contributed by atoms with Gasteiger partial charge in [0.05, 0.1) is 34.6 Å². The molecule has 2 aliphatic heterocycles. The largest absolute Gasteiger partial charge is 0.355 e. The van der Waals surface area contributed by atoms with E-state index in [-0.39, 0.29) is 51.4 Å². The average molecular weight is 1360 g/mol. The van der Waals surface area contributed by atoms with Crippen LogP contribution in [0.1, 0.15) is 112 Å². The third kappa shape index (κ3) is 10.3. The average Bonchev–Trinajstić information content (AvgIpc) is 1.43. The van der Waals surface area contributed by atoms with Crippen molar-refractivity contribution in [1.82, 2.24) is 8.97 Å². The molecule has 3 aromatic heterocycles. The molecular formula is C100H85BN4. The van der Waals surface area contributed by atoms with Gasteiger partial charge in [0.1, 0.15) is 0 Å². The molecular weight excluding hydrogens is 1270 g/mol. The van der Waals surface area contributed by atoms with E-state index in [0.29, 0.717) is 5.56 Å². The van der Waals surface area contributed by atoms with Crippen molar-refractivity contribution in [2.45, 2.75) is 105 Å². The standard InChI is InChI=1S/C100H85BN4/c1-97(2,3)68-32-25-31-65(51-68)81-58-69(98(4,5)6)44-49-86(81)102-72-45-50-88-82(59-72)83-54-67(62-29-17-14-18-30-62)55-85-95(83)105(88)91-60-90-92(80-39-26-38-79-77-36-22-20-34-75(77)74-33-19-21-35-76(74)78-37-23-24-40-87(78)104(90)94(79)80)96-93(91)101(85)84-48-43-64(66-52-70(99(7,8)9)57-71(53-66)100(10,11)12)56-89(84)103(96)73-46-41-63(42-47-73)61-27-15-13-16-28-61/h13-60,102H,1-12H3/i14D,17D,18D,29D,30D. The molecule has 19 rings (SSSR count). The van der Waals surface area contributed by atoms with Gasteiger partial charge >= 0.3 is 0 Å². The first-order valence-corrected chi connectivity index (χ1v) is 37.1. The minimum Gasteiger partial charge on any atom is -0.355 e. The summed E-state index contributed by atoms with van der Waals surface area (Å²) in [5, 5.41) is 14.9. The maximum absolute atomic E-state index is 9.82. The molecule has 0 saturated carbocycles. The van der Waals surface area contributed by atoms with Crippen LogP contribution in [0.25, 0.3) is 132 Å². The minimum absolute atomic E-state index is 0.0761. The van der Waals surface area contributed by atoms with E-state index in [0.717, 1.165) is 160 Å². The predicted molar refractivity (Wildman–Crippen MR) is 454 cm³/mol. The lowest BCUT2D eigenvalue weighted by atomic mass is 9.33. The van der Waals surface area contributed by atoms with E-state index in [1.54, 1.807) is 0 Å². The Morgan fingerprint density at radius 1 is 0.333 bits per heavy atom. The smallest absolute Gasteiger partial charge is 0.252 e. The molecule has 508 valence electrons. The number of nitrogens with zero attached hydrogens (tertiary/aromatic N) is 3. The quantitative estimate of drug-likeness (QED) is 0.161. The van der Waals surface area contributed by atoms with Crippen molar-refractivity contribution in [3.05, 3.63) is 313 Å². The number of nitrogens with one attached hydrogen (secondary N) is 1. The molecule has 0 radical (unpaired) electrons. The van der Waals surface area contributed by atoms with Gasteiger partial charge in [-0.25, -0.2) is 0 Å². The van der Waals surface area contributed by atoms with Crippen LogP contribution in [0, 0.1) is 0 Å². The lowest BCUT2D eigenvalue weighted by molar-refractivity contribution is 0.569. The fourth-order valence-electron chi connectivity index (χ4n) is 17.2. The SMILES string of the molecule is [2H]c1c([2H])c([2H])c(-c2cc3c4c(c2)c2cc(Nc5ccc(C(C)(C)C)cc5-c5cccc(C(C)(C)C)c5)ccc2n4-c2cc4c(c5c2B3c2ccc(-c3cc(C(C)(C)C)cc(C(C)(C)C)c3)cc2N5c2ccc(-c3ccccc3)cc2)c2cccc3c5ccccc5c5ccccc5c5ccccc5n4c32)c([2H])c1[2H]. The highest BCUT2D eigenvalue weighted by Crippen LogP contribution is 2.52. The first-order chi connectivity index (χ1) is 52.7. The Labute approximate surface area is 623 Å². The second kappa shape index (κ2) is 23.4. The van der Waals surface area contributed by atoms with Crippen LogP contribution in [0.3, 0.4) is 0 Å². The fourth-order valence-corrected chi connectivity index (χ4v) is 17.2. The molecule has 0 atom stereocenters. The highest BCUT2D eigenvalue weighted by atomic mass is 15.2. The van der Waals surface area contributed by atoms with E-state index in [1.807, 2.05) is 0 Å². The maximum Gasteiger partial charge on any atom is 0.252 e. The summed E-state index contributed by atoms with van der Waals surface area (Å²) < 4.78 is 52.2. The second-order valence-corrected chi connectivity index (χ2v) is 33.4. The van der Waals surface area contributed by atoms with Crippen molar-refractivity contribution in [3.63, 3.8) is 0 Å². The van der Waals surface area contributed by atoms with Crippen LogP contribution >= 0.6 is 0 Å². The van der Waals surface area contributed by atoms with Crippen molar-refractivity contribution in [3.8, 4) is 50.2 Å². The van der Waals surface area contributed by atoms with Crippen molar-refractivity contribution in [2.75, 3.05) is 10.2 Å². The summed E-state index contributed by atoms with van der Waals surface area (Å²) in [7, 11) is 0. The number of para-hydroxylation sites is 2. The fraction of sp³-hybridized carbons (Fsp3) is 0.160. The number of hydrogen-bond acceptors (Lipinski definition) is 2. The summed E-state index contributed by atoms with van der Waals surface area (Å²) in [6.45, 7) is 27.0. The van der Waals surface area contributed by atoms with E-state index in [9.17, 15) is 5.48 Å². The van der Waals surface area contributed by atoms with Gasteiger partial charge in [0.15, 0.2) is 0 Å². The highest BCUT2D eigenvalue weighted by Gasteiger charge is 2.45. The number of fused-ring (bicyclic) bond motifs is 18. The van der Waals surface area contributed by atoms with Gasteiger partial charge in [-0.1, -0.05) is 307 Å². The van der Waals surface area contributed by atoms with Crippen LogP contribution in [0.2, 0.25) is 0 Å². The normalized spacial score (nSPS) is 13.8. The Morgan fingerprint density at radius 2 is 0.905 bits per heavy atom. The molecule has 0 fully saturated rings. The van der Waals surface area contributed by atoms with Crippen LogP contribution in [-0.2, 0) is 21.7 Å². The summed E-state index contributed by atoms with van der Waals surface area (Å²) in [6, 6.07) is 95.5. The molecule has 0 aliphatic carbocycles. The summed E-state index contributed by atoms with van der Waals surface area (Å²) in [6.07, 6.45) is 0. The zero-order valence-corrected chi connectivity index (χ0v) is 61.7. The van der Waals surface area contributed by atoms with E-state index in [2.05, 4.69) is 363 Å². The third-order valence-corrected chi connectivity index (χ3v) is 22.7. The Morgan fingerprint density at radius 3 is 1.60 bits per heavy atom. The molecule has 5 heteroatoms. The summed E-state index contributed by atoms with van der Waals surface area (Å²) in [5.74, 6) is 0. The van der Waals surface area contributed by atoms with Crippen LogP contribution in [-0.4, -0.2) is 15.7 Å². The van der Waals surface area contributed by atoms with Gasteiger partial charge in [0, 0.05) is 71.8 Å². The number of rotatable bonds is 7. The molecule has 105 heavy (non-hydrogen) atoms. The third-order valence-electron chi connectivity index (χ3n) is 22.7. The molecule has 17 aromatic rings. The highest BCUT2D eigenvalue weighted by molar-refractivity contribution is 7.00. The first-order valence-electron chi connectivity index (χ1n) is 39.6. The molecule has 0 bridgehead atoms. The Hall–Kier alpha value is -11.7. The zero-order valence-electron chi connectivity index (χ0n) is 66.7. The van der Waals surface area contributed by atoms with Crippen LogP contribution in [0.15, 0.2) is 291 Å². The summed E-state index contributed by atoms with van der Waals surface area (Å²) in [4.78, 5) is 2.58. The number of benzene rings is 14. The minimum atomic E-state index is -0.478. The van der Waals surface area contributed by atoms with E-state index in [1.165, 1.54) is 27.6 Å². The molecule has 0 saturated heterocycles. The maximum atomic E-state index is 9.82. The van der Waals surface area contributed by atoms with Gasteiger partial charge in [0.2, 0.25) is 0 Å². The second-order valence-electron chi connectivity index (χ2n) is 33.4. The molecule has 14 aromatic carbocycles. The van der Waals surface area contributed by atoms with Crippen molar-refractivity contribution in [2.24, 2.45) is 0 Å². The monoisotopic (exact) mass is 1360 g/mol. The Kier molecular flexibility index (Phi) is 13.1.